The molecular formula is C8H8ClNO3S. The maximum atomic E-state index is 10.5. The maximum Gasteiger partial charge on any atom is 0.305 e. The van der Waals surface area contributed by atoms with E-state index in [-0.39, 0.29) is 6.42 Å². The van der Waals surface area contributed by atoms with Gasteiger partial charge >= 0.3 is 5.97 Å². The number of rotatable bonds is 5. The Bertz CT molecular complexity index is 339. The Hall–Kier alpha value is -1.07. The molecule has 1 heterocycles. The summed E-state index contributed by atoms with van der Waals surface area (Å²) in [6.45, 7) is 0. The second-order valence-corrected chi connectivity index (χ2v) is 4.32. The second-order valence-electron chi connectivity index (χ2n) is 2.58. The fraction of sp³-hybridized carbons (Fsp3) is 0.250. The summed E-state index contributed by atoms with van der Waals surface area (Å²) < 4.78 is 0.572. The van der Waals surface area contributed by atoms with Crippen molar-refractivity contribution >= 4 is 35.3 Å². The van der Waals surface area contributed by atoms with Crippen molar-refractivity contribution in [2.24, 2.45) is 0 Å². The molecule has 0 saturated heterocycles. The smallest absolute Gasteiger partial charge is 0.305 e. The third kappa shape index (κ3) is 3.01. The highest BCUT2D eigenvalue weighted by Gasteiger charge is 2.16. The van der Waals surface area contributed by atoms with Crippen molar-refractivity contribution in [3.8, 4) is 0 Å². The minimum absolute atomic E-state index is 0.143. The van der Waals surface area contributed by atoms with Crippen LogP contribution >= 0.6 is 22.9 Å². The lowest BCUT2D eigenvalue weighted by molar-refractivity contribution is -0.137. The molecule has 0 aliphatic rings. The molecule has 0 bridgehead atoms. The van der Waals surface area contributed by atoms with Crippen LogP contribution in [0.4, 0.5) is 0 Å². The van der Waals surface area contributed by atoms with Gasteiger partial charge in [-0.05, 0) is 12.1 Å². The lowest BCUT2D eigenvalue weighted by Gasteiger charge is -2.10. The van der Waals surface area contributed by atoms with E-state index >= 15 is 0 Å². The number of carboxylic acid groups (broad SMARTS) is 1. The average Bonchev–Trinajstić information content (AvgIpc) is 2.50. The van der Waals surface area contributed by atoms with Gasteiger partial charge in [0.05, 0.1) is 16.8 Å². The minimum Gasteiger partial charge on any atom is -0.481 e. The van der Waals surface area contributed by atoms with Crippen LogP contribution in [0, 0.1) is 0 Å². The van der Waals surface area contributed by atoms with E-state index in [1.807, 2.05) is 0 Å². The summed E-state index contributed by atoms with van der Waals surface area (Å²) in [5.41, 5.74) is 0. The Balaban J connectivity index is 2.76. The zero-order valence-corrected chi connectivity index (χ0v) is 8.64. The van der Waals surface area contributed by atoms with Gasteiger partial charge in [0, 0.05) is 4.88 Å². The first-order valence-corrected chi connectivity index (χ1v) is 4.99. The first-order valence-electron chi connectivity index (χ1n) is 3.80. The molecule has 0 fully saturated rings. The van der Waals surface area contributed by atoms with Gasteiger partial charge in [-0.2, -0.15) is 0 Å². The van der Waals surface area contributed by atoms with E-state index < -0.39 is 12.0 Å². The molecular weight excluding hydrogens is 226 g/mol. The molecule has 2 N–H and O–H groups in total. The van der Waals surface area contributed by atoms with Crippen LogP contribution in [-0.4, -0.2) is 17.5 Å². The third-order valence-electron chi connectivity index (χ3n) is 1.59. The van der Waals surface area contributed by atoms with Crippen molar-refractivity contribution in [3.63, 3.8) is 0 Å². The molecule has 0 aromatic carbocycles. The van der Waals surface area contributed by atoms with Gasteiger partial charge in [-0.3, -0.25) is 9.59 Å². The molecule has 1 aromatic rings. The number of carbonyl (C=O) groups excluding carboxylic acids is 1. The summed E-state index contributed by atoms with van der Waals surface area (Å²) in [4.78, 5) is 21.5. The number of amides is 1. The van der Waals surface area contributed by atoms with Gasteiger partial charge in [0.15, 0.2) is 0 Å². The van der Waals surface area contributed by atoms with Crippen molar-refractivity contribution < 1.29 is 14.7 Å². The SMILES string of the molecule is O=CN[C@H](CC(=O)O)c1ccc(Cl)s1. The molecule has 0 radical (unpaired) electrons. The average molecular weight is 234 g/mol. The Morgan fingerprint density at radius 3 is 2.86 bits per heavy atom. The minimum atomic E-state index is -0.964. The topological polar surface area (TPSA) is 66.4 Å². The van der Waals surface area contributed by atoms with E-state index in [2.05, 4.69) is 5.32 Å². The number of thiophene rings is 1. The van der Waals surface area contributed by atoms with E-state index in [9.17, 15) is 9.59 Å². The fourth-order valence-corrected chi connectivity index (χ4v) is 2.14. The van der Waals surface area contributed by atoms with Crippen molar-refractivity contribution in [3.05, 3.63) is 21.3 Å². The van der Waals surface area contributed by atoms with Crippen LogP contribution in [0.5, 0.6) is 0 Å². The summed E-state index contributed by atoms with van der Waals surface area (Å²) in [5, 5.41) is 11.0. The predicted molar refractivity (Wildman–Crippen MR) is 53.5 cm³/mol. The van der Waals surface area contributed by atoms with Gasteiger partial charge in [-0.1, -0.05) is 11.6 Å². The van der Waals surface area contributed by atoms with Crippen LogP contribution < -0.4 is 5.32 Å². The molecule has 76 valence electrons. The highest BCUT2D eigenvalue weighted by Crippen LogP contribution is 2.28. The number of hydrogen-bond donors (Lipinski definition) is 2. The Labute approximate surface area is 89.5 Å². The van der Waals surface area contributed by atoms with Crippen LogP contribution in [0.15, 0.2) is 12.1 Å². The largest absolute Gasteiger partial charge is 0.481 e. The normalized spacial score (nSPS) is 12.1. The Morgan fingerprint density at radius 1 is 1.71 bits per heavy atom. The highest BCUT2D eigenvalue weighted by molar-refractivity contribution is 7.16. The van der Waals surface area contributed by atoms with E-state index in [0.717, 1.165) is 4.88 Å². The molecule has 0 aliphatic carbocycles. The number of carboxylic acids is 1. The molecule has 1 aromatic heterocycles. The lowest BCUT2D eigenvalue weighted by atomic mass is 10.2. The lowest BCUT2D eigenvalue weighted by Crippen LogP contribution is -2.21. The first-order chi connectivity index (χ1) is 6.63. The molecule has 6 heteroatoms. The summed E-state index contributed by atoms with van der Waals surface area (Å²) >= 11 is 6.95. The number of halogens is 1. The maximum absolute atomic E-state index is 10.5. The summed E-state index contributed by atoms with van der Waals surface area (Å²) in [7, 11) is 0. The van der Waals surface area contributed by atoms with Gasteiger partial charge in [-0.25, -0.2) is 0 Å². The highest BCUT2D eigenvalue weighted by atomic mass is 35.5. The number of carbonyl (C=O) groups is 2. The zero-order valence-electron chi connectivity index (χ0n) is 7.07. The molecule has 1 atom stereocenters. The van der Waals surface area contributed by atoms with Gasteiger partial charge in [0.1, 0.15) is 0 Å². The predicted octanol–water partition coefficient (Wildman–Crippen LogP) is 1.66. The van der Waals surface area contributed by atoms with Crippen LogP contribution in [0.2, 0.25) is 4.34 Å². The monoisotopic (exact) mass is 233 g/mol. The number of nitrogens with one attached hydrogen (secondary N) is 1. The quantitative estimate of drug-likeness (QED) is 0.761. The zero-order chi connectivity index (χ0) is 10.6. The van der Waals surface area contributed by atoms with Gasteiger partial charge in [-0.15, -0.1) is 11.3 Å². The van der Waals surface area contributed by atoms with Crippen LogP contribution in [0.1, 0.15) is 17.3 Å². The second kappa shape index (κ2) is 4.97. The molecule has 1 amide bonds. The third-order valence-corrected chi connectivity index (χ3v) is 2.93. The summed E-state index contributed by atoms with van der Waals surface area (Å²) in [6.07, 6.45) is 0.344. The molecule has 0 unspecified atom stereocenters. The Kier molecular flexibility index (Phi) is 3.91. The Morgan fingerprint density at radius 2 is 2.43 bits per heavy atom. The van der Waals surface area contributed by atoms with E-state index in [1.165, 1.54) is 11.3 Å². The van der Waals surface area contributed by atoms with Gasteiger partial charge in [0.2, 0.25) is 6.41 Å². The van der Waals surface area contributed by atoms with E-state index in [4.69, 9.17) is 16.7 Å². The van der Waals surface area contributed by atoms with Crippen molar-refractivity contribution in [1.82, 2.24) is 5.32 Å². The molecule has 4 nitrogen and oxygen atoms in total. The number of aliphatic carboxylic acids is 1. The van der Waals surface area contributed by atoms with E-state index in [1.54, 1.807) is 12.1 Å². The first kappa shape index (κ1) is 11.0. The number of hydrogen-bond acceptors (Lipinski definition) is 3. The van der Waals surface area contributed by atoms with Crippen LogP contribution in [0.3, 0.4) is 0 Å². The van der Waals surface area contributed by atoms with Gasteiger partial charge in [0.25, 0.3) is 0 Å². The van der Waals surface area contributed by atoms with Crippen molar-refractivity contribution in [1.29, 1.82) is 0 Å². The van der Waals surface area contributed by atoms with Crippen molar-refractivity contribution in [2.45, 2.75) is 12.5 Å². The fourth-order valence-electron chi connectivity index (χ4n) is 1.01. The molecule has 0 spiro atoms. The standard InChI is InChI=1S/C8H8ClNO3S/c9-7-2-1-6(14-7)5(10-4-11)3-8(12)13/h1-2,4-5H,3H2,(H,10,11)(H,12,13)/t5-/m1/s1. The van der Waals surface area contributed by atoms with Gasteiger partial charge < -0.3 is 10.4 Å². The van der Waals surface area contributed by atoms with Crippen molar-refractivity contribution in [2.75, 3.05) is 0 Å². The summed E-state index contributed by atoms with van der Waals surface area (Å²) in [6, 6.07) is 2.88. The van der Waals surface area contributed by atoms with Crippen LogP contribution in [0.25, 0.3) is 0 Å². The molecule has 0 aliphatic heterocycles. The molecule has 14 heavy (non-hydrogen) atoms. The molecule has 0 saturated carbocycles. The summed E-state index contributed by atoms with van der Waals surface area (Å²) in [5.74, 6) is -0.964. The van der Waals surface area contributed by atoms with Crippen LogP contribution in [-0.2, 0) is 9.59 Å². The molecule has 1 rings (SSSR count). The van der Waals surface area contributed by atoms with E-state index in [0.29, 0.717) is 10.7 Å².